The molecule has 0 saturated heterocycles. The Kier molecular flexibility index (Phi) is 3.11. The van der Waals surface area contributed by atoms with Gasteiger partial charge in [-0.1, -0.05) is 0 Å². The van der Waals surface area contributed by atoms with Crippen LogP contribution < -0.4 is 0 Å². The van der Waals surface area contributed by atoms with E-state index < -0.39 is 20.7 Å². The van der Waals surface area contributed by atoms with Crippen LogP contribution in [0.1, 0.15) is 26.3 Å². The predicted octanol–water partition coefficient (Wildman–Crippen LogP) is 1.25. The van der Waals surface area contributed by atoms with E-state index in [0.717, 1.165) is 12.3 Å². The Labute approximate surface area is 93.5 Å². The lowest BCUT2D eigenvalue weighted by atomic mass is 10.1. The van der Waals surface area contributed by atoms with Crippen molar-refractivity contribution in [2.45, 2.75) is 31.4 Å². The van der Waals surface area contributed by atoms with E-state index in [9.17, 15) is 13.6 Å². The number of hydrogen-bond acceptors (Lipinski definition) is 4. The summed E-state index contributed by atoms with van der Waals surface area (Å²) in [6, 6.07) is 1.08. The van der Waals surface area contributed by atoms with E-state index in [1.54, 1.807) is 20.8 Å². The second kappa shape index (κ2) is 3.91. The summed E-state index contributed by atoms with van der Waals surface area (Å²) in [4.78, 5) is 0. The lowest BCUT2D eigenvalue weighted by Crippen LogP contribution is -2.29. The summed E-state index contributed by atoms with van der Waals surface area (Å²) in [6.45, 7) is 5.13. The molecule has 0 unspecified atom stereocenters. The molecule has 0 spiro atoms. The van der Waals surface area contributed by atoms with Crippen LogP contribution in [0.3, 0.4) is 0 Å². The molecule has 0 aliphatic carbocycles. The molecule has 16 heavy (non-hydrogen) atoms. The molecule has 1 aromatic rings. The minimum absolute atomic E-state index is 0.276. The van der Waals surface area contributed by atoms with Crippen LogP contribution in [0.5, 0.6) is 0 Å². The highest BCUT2D eigenvalue weighted by Gasteiger charge is 2.20. The van der Waals surface area contributed by atoms with Crippen molar-refractivity contribution in [1.29, 1.82) is 0 Å². The molecule has 0 radical (unpaired) electrons. The molecule has 0 aliphatic rings. The minimum Gasteiger partial charge on any atom is -0.623 e. The van der Waals surface area contributed by atoms with Crippen molar-refractivity contribution in [3.63, 3.8) is 0 Å². The van der Waals surface area contributed by atoms with Gasteiger partial charge in [0.05, 0.1) is 5.56 Å². The predicted molar refractivity (Wildman–Crippen MR) is 57.1 cm³/mol. The summed E-state index contributed by atoms with van der Waals surface area (Å²) in [6.07, 6.45) is 2.28. The van der Waals surface area contributed by atoms with Gasteiger partial charge in [0.2, 0.25) is 5.09 Å². The fraction of sp³-hybridized carbons (Fsp3) is 0.444. The van der Waals surface area contributed by atoms with E-state index >= 15 is 0 Å². The van der Waals surface area contributed by atoms with Crippen LogP contribution >= 0.6 is 0 Å². The normalized spacial score (nSPS) is 14.1. The fourth-order valence-corrected chi connectivity index (χ4v) is 1.32. The summed E-state index contributed by atoms with van der Waals surface area (Å²) < 4.78 is 35.3. The smallest absolute Gasteiger partial charge is 0.328 e. The van der Waals surface area contributed by atoms with Gasteiger partial charge < -0.3 is 9.62 Å². The Bertz CT molecular complexity index is 506. The van der Waals surface area contributed by atoms with E-state index in [4.69, 9.17) is 4.55 Å². The zero-order chi connectivity index (χ0) is 12.6. The van der Waals surface area contributed by atoms with Crippen molar-refractivity contribution >= 4 is 16.3 Å². The maximum Gasteiger partial charge on any atom is 0.328 e. The quantitative estimate of drug-likeness (QED) is 0.279. The van der Waals surface area contributed by atoms with Gasteiger partial charge in [-0.2, -0.15) is 8.42 Å². The van der Waals surface area contributed by atoms with Crippen LogP contribution in [0, 0.1) is 5.21 Å². The maximum atomic E-state index is 11.5. The third-order valence-electron chi connectivity index (χ3n) is 1.78. The maximum absolute atomic E-state index is 11.5. The van der Waals surface area contributed by atoms with Gasteiger partial charge in [-0.15, -0.1) is 0 Å². The first-order valence-electron chi connectivity index (χ1n) is 4.48. The highest BCUT2D eigenvalue weighted by Crippen LogP contribution is 2.13. The molecule has 0 bridgehead atoms. The molecule has 0 aromatic carbocycles. The Morgan fingerprint density at radius 2 is 2.06 bits per heavy atom. The van der Waals surface area contributed by atoms with Crippen LogP contribution in [0.15, 0.2) is 21.8 Å². The molecule has 6 nitrogen and oxygen atoms in total. The van der Waals surface area contributed by atoms with E-state index in [0.29, 0.717) is 4.74 Å². The molecule has 0 amide bonds. The molecule has 0 fully saturated rings. The van der Waals surface area contributed by atoms with Gasteiger partial charge in [0.1, 0.15) is 6.26 Å². The van der Waals surface area contributed by atoms with Crippen molar-refractivity contribution in [2.75, 3.05) is 0 Å². The molecule has 1 aromatic heterocycles. The molecule has 1 N–H and O–H groups in total. The van der Waals surface area contributed by atoms with Crippen molar-refractivity contribution in [2.24, 2.45) is 0 Å². The monoisotopic (exact) mass is 247 g/mol. The van der Waals surface area contributed by atoms with Crippen LogP contribution in [-0.4, -0.2) is 29.5 Å². The zero-order valence-corrected chi connectivity index (χ0v) is 9.98. The van der Waals surface area contributed by atoms with E-state index in [1.807, 2.05) is 0 Å². The average Bonchev–Trinajstić information content (AvgIpc) is 2.49. The molecular formula is C9H13NO5S. The molecule has 0 atom stereocenters. The van der Waals surface area contributed by atoms with Gasteiger partial charge in [-0.3, -0.25) is 4.55 Å². The lowest BCUT2D eigenvalue weighted by molar-refractivity contribution is -0.530. The van der Waals surface area contributed by atoms with Crippen molar-refractivity contribution in [3.8, 4) is 0 Å². The second-order valence-corrected chi connectivity index (χ2v) is 5.65. The molecular weight excluding hydrogens is 234 g/mol. The number of hydroxylamine groups is 1. The lowest BCUT2D eigenvalue weighted by Gasteiger charge is -2.18. The number of furan rings is 1. The van der Waals surface area contributed by atoms with Crippen LogP contribution in [0.4, 0.5) is 0 Å². The van der Waals surface area contributed by atoms with E-state index in [2.05, 4.69) is 4.42 Å². The van der Waals surface area contributed by atoms with Crippen molar-refractivity contribution in [1.82, 2.24) is 0 Å². The first-order valence-corrected chi connectivity index (χ1v) is 5.92. The van der Waals surface area contributed by atoms with Gasteiger partial charge in [0, 0.05) is 26.8 Å². The molecule has 0 aliphatic heterocycles. The summed E-state index contributed by atoms with van der Waals surface area (Å²) in [5, 5.41) is 10.9. The Morgan fingerprint density at radius 1 is 1.50 bits per heavy atom. The van der Waals surface area contributed by atoms with Crippen LogP contribution in [0.2, 0.25) is 0 Å². The molecule has 90 valence electrons. The summed E-state index contributed by atoms with van der Waals surface area (Å²) >= 11 is 0. The van der Waals surface area contributed by atoms with Gasteiger partial charge in [0.15, 0.2) is 11.8 Å². The van der Waals surface area contributed by atoms with Gasteiger partial charge in [-0.05, 0) is 0 Å². The minimum atomic E-state index is -4.36. The van der Waals surface area contributed by atoms with Gasteiger partial charge >= 0.3 is 10.1 Å². The highest BCUT2D eigenvalue weighted by molar-refractivity contribution is 7.85. The third kappa shape index (κ3) is 3.07. The SMILES string of the molecule is CC(C)(C)[N+]([O-])=Cc1coc(S(=O)(=O)O)c1. The zero-order valence-electron chi connectivity index (χ0n) is 9.17. The van der Waals surface area contributed by atoms with Crippen LogP contribution in [0.25, 0.3) is 0 Å². The Balaban J connectivity index is 3.06. The first-order chi connectivity index (χ1) is 7.10. The number of hydrogen-bond donors (Lipinski definition) is 1. The molecule has 7 heteroatoms. The van der Waals surface area contributed by atoms with Crippen molar-refractivity contribution in [3.05, 3.63) is 23.1 Å². The molecule has 1 heterocycles. The van der Waals surface area contributed by atoms with Gasteiger partial charge in [0.25, 0.3) is 0 Å². The largest absolute Gasteiger partial charge is 0.623 e. The molecule has 1 rings (SSSR count). The number of nitrogens with zero attached hydrogens (tertiary/aromatic N) is 1. The fourth-order valence-electron chi connectivity index (χ4n) is 0.862. The number of rotatable bonds is 2. The second-order valence-electron chi connectivity index (χ2n) is 4.30. The standard InChI is InChI=1S/C9H13NO5S/c1-9(2,3)10(11)5-7-4-8(15-6-7)16(12,13)14/h4-6H,1-3H3,(H,12,13,14). The average molecular weight is 247 g/mol. The van der Waals surface area contributed by atoms with Crippen LogP contribution in [-0.2, 0) is 10.1 Å². The van der Waals surface area contributed by atoms with E-state index in [-0.39, 0.29) is 5.56 Å². The van der Waals surface area contributed by atoms with Gasteiger partial charge in [-0.25, -0.2) is 4.74 Å². The first kappa shape index (κ1) is 12.7. The highest BCUT2D eigenvalue weighted by atomic mass is 32.2. The summed E-state index contributed by atoms with van der Waals surface area (Å²) in [5.74, 6) is 0. The molecule has 0 saturated carbocycles. The van der Waals surface area contributed by atoms with E-state index in [1.165, 1.54) is 6.21 Å². The summed E-state index contributed by atoms with van der Waals surface area (Å²) in [7, 11) is -4.36. The Morgan fingerprint density at radius 3 is 2.44 bits per heavy atom. The Hall–Kier alpha value is -1.34. The summed E-state index contributed by atoms with van der Waals surface area (Å²) in [5.41, 5.74) is -0.354. The third-order valence-corrected chi connectivity index (χ3v) is 2.50. The van der Waals surface area contributed by atoms with Crippen molar-refractivity contribution < 1.29 is 22.1 Å². The topological polar surface area (TPSA) is 93.6 Å².